The second kappa shape index (κ2) is 6.30. The van der Waals surface area contributed by atoms with Gasteiger partial charge in [-0.25, -0.2) is 0 Å². The van der Waals surface area contributed by atoms with Crippen molar-refractivity contribution in [3.05, 3.63) is 80.3 Å². The maximum Gasteiger partial charge on any atom is 0.308 e. The molecule has 0 amide bonds. The molecule has 0 aliphatic rings. The normalized spacial score (nSPS) is 10.8. The zero-order chi connectivity index (χ0) is 15.5. The molecule has 0 atom stereocenters. The number of hydrogen-bond acceptors (Lipinski definition) is 3. The molecule has 2 aromatic carbocycles. The lowest BCUT2D eigenvalue weighted by molar-refractivity contribution is 0.789. The van der Waals surface area contributed by atoms with Crippen LogP contribution < -0.4 is 10.6 Å². The van der Waals surface area contributed by atoms with E-state index in [0.29, 0.717) is 13.1 Å². The lowest BCUT2D eigenvalue weighted by atomic mass is 10.1. The van der Waals surface area contributed by atoms with Crippen LogP contribution in [-0.4, -0.2) is 4.57 Å². The number of nitrogens with two attached hydrogens (primary N) is 1. The number of aromatic nitrogens is 1. The molecule has 22 heavy (non-hydrogen) atoms. The maximum absolute atomic E-state index is 12.3. The molecule has 1 heterocycles. The lowest BCUT2D eigenvalue weighted by Crippen LogP contribution is -2.15. The Balaban J connectivity index is 2.01. The Labute approximate surface area is 133 Å². The zero-order valence-corrected chi connectivity index (χ0v) is 13.3. The molecule has 0 aliphatic carbocycles. The molecule has 112 valence electrons. The fourth-order valence-corrected chi connectivity index (χ4v) is 3.43. The molecule has 0 bridgehead atoms. The van der Waals surface area contributed by atoms with Crippen molar-refractivity contribution in [2.24, 2.45) is 5.73 Å². The second-order valence-electron chi connectivity index (χ2n) is 5.25. The summed E-state index contributed by atoms with van der Waals surface area (Å²) in [6.45, 7) is 3.12. The van der Waals surface area contributed by atoms with E-state index in [1.807, 2.05) is 66.1 Å². The predicted molar refractivity (Wildman–Crippen MR) is 92.2 cm³/mol. The molecule has 0 fully saturated rings. The monoisotopic (exact) mass is 310 g/mol. The van der Waals surface area contributed by atoms with Crippen LogP contribution in [0.25, 0.3) is 11.3 Å². The van der Waals surface area contributed by atoms with Crippen molar-refractivity contribution in [1.82, 2.24) is 4.57 Å². The van der Waals surface area contributed by atoms with Gasteiger partial charge in [0.05, 0.1) is 12.2 Å². The molecule has 3 rings (SSSR count). The highest BCUT2D eigenvalue weighted by molar-refractivity contribution is 7.09. The topological polar surface area (TPSA) is 48.0 Å². The van der Waals surface area contributed by atoms with E-state index < -0.39 is 0 Å². The van der Waals surface area contributed by atoms with Crippen LogP contribution in [0.15, 0.2) is 59.4 Å². The molecule has 0 saturated carbocycles. The SMILES string of the molecule is Cc1sc(=O)n(Cc2ccc(CN)cc2)c1-c1ccccc1. The molecule has 2 N–H and O–H groups in total. The third kappa shape index (κ3) is 2.89. The van der Waals surface area contributed by atoms with Crippen LogP contribution in [-0.2, 0) is 13.1 Å². The summed E-state index contributed by atoms with van der Waals surface area (Å²) in [7, 11) is 0. The van der Waals surface area contributed by atoms with Crippen molar-refractivity contribution < 1.29 is 0 Å². The number of aryl methyl sites for hydroxylation is 1. The van der Waals surface area contributed by atoms with Crippen LogP contribution in [0.2, 0.25) is 0 Å². The predicted octanol–water partition coefficient (Wildman–Crippen LogP) is 3.39. The molecule has 0 spiro atoms. The summed E-state index contributed by atoms with van der Waals surface area (Å²) < 4.78 is 1.85. The first-order valence-corrected chi connectivity index (χ1v) is 8.04. The van der Waals surface area contributed by atoms with Gasteiger partial charge in [-0.2, -0.15) is 0 Å². The van der Waals surface area contributed by atoms with E-state index in [4.69, 9.17) is 5.73 Å². The fraction of sp³-hybridized carbons (Fsp3) is 0.167. The quantitative estimate of drug-likeness (QED) is 0.803. The first kappa shape index (κ1) is 14.8. The molecular weight excluding hydrogens is 292 g/mol. The van der Waals surface area contributed by atoms with E-state index >= 15 is 0 Å². The molecule has 0 radical (unpaired) electrons. The summed E-state index contributed by atoms with van der Waals surface area (Å²) in [6.07, 6.45) is 0. The first-order valence-electron chi connectivity index (χ1n) is 7.22. The van der Waals surface area contributed by atoms with Gasteiger partial charge < -0.3 is 5.73 Å². The Hall–Kier alpha value is -2.17. The van der Waals surface area contributed by atoms with Gasteiger partial charge in [0, 0.05) is 11.4 Å². The van der Waals surface area contributed by atoms with Crippen LogP contribution in [0.5, 0.6) is 0 Å². The zero-order valence-electron chi connectivity index (χ0n) is 12.5. The lowest BCUT2D eigenvalue weighted by Gasteiger charge is -2.10. The van der Waals surface area contributed by atoms with Crippen LogP contribution in [0.3, 0.4) is 0 Å². The summed E-state index contributed by atoms with van der Waals surface area (Å²) in [5, 5.41) is 0. The molecule has 1 aromatic heterocycles. The highest BCUT2D eigenvalue weighted by Gasteiger charge is 2.13. The van der Waals surface area contributed by atoms with Crippen LogP contribution >= 0.6 is 11.3 Å². The first-order chi connectivity index (χ1) is 10.7. The van der Waals surface area contributed by atoms with Crippen LogP contribution in [0, 0.1) is 6.92 Å². The van der Waals surface area contributed by atoms with Crippen molar-refractivity contribution in [3.63, 3.8) is 0 Å². The van der Waals surface area contributed by atoms with E-state index in [-0.39, 0.29) is 4.87 Å². The summed E-state index contributed by atoms with van der Waals surface area (Å²) in [5.41, 5.74) is 9.92. The molecule has 0 unspecified atom stereocenters. The standard InChI is InChI=1S/C18H18N2OS/c1-13-17(16-5-3-2-4-6-16)20(18(21)22-13)12-15-9-7-14(11-19)8-10-15/h2-10H,11-12,19H2,1H3. The molecule has 4 heteroatoms. The Kier molecular flexibility index (Phi) is 4.22. The fourth-order valence-electron chi connectivity index (χ4n) is 2.58. The van der Waals surface area contributed by atoms with E-state index in [1.54, 1.807) is 0 Å². The summed E-state index contributed by atoms with van der Waals surface area (Å²) in [5.74, 6) is 0. The molecule has 3 aromatic rings. The maximum atomic E-state index is 12.3. The average Bonchev–Trinajstić information content (AvgIpc) is 2.83. The van der Waals surface area contributed by atoms with Crippen molar-refractivity contribution >= 4 is 11.3 Å². The Bertz CT molecular complexity index is 817. The van der Waals surface area contributed by atoms with Crippen LogP contribution in [0.4, 0.5) is 0 Å². The van der Waals surface area contributed by atoms with E-state index in [0.717, 1.165) is 27.3 Å². The number of hydrogen-bond donors (Lipinski definition) is 1. The minimum absolute atomic E-state index is 0.0826. The molecular formula is C18H18N2OS. The van der Waals surface area contributed by atoms with Crippen LogP contribution in [0.1, 0.15) is 16.0 Å². The third-order valence-electron chi connectivity index (χ3n) is 3.71. The van der Waals surface area contributed by atoms with Gasteiger partial charge in [0.25, 0.3) is 0 Å². The second-order valence-corrected chi connectivity index (χ2v) is 6.41. The van der Waals surface area contributed by atoms with Gasteiger partial charge in [0.1, 0.15) is 0 Å². The van der Waals surface area contributed by atoms with E-state index in [2.05, 4.69) is 0 Å². The van der Waals surface area contributed by atoms with Crippen molar-refractivity contribution in [3.8, 4) is 11.3 Å². The van der Waals surface area contributed by atoms with Crippen molar-refractivity contribution in [1.29, 1.82) is 0 Å². The Morgan fingerprint density at radius 2 is 1.64 bits per heavy atom. The number of thiazole rings is 1. The largest absolute Gasteiger partial charge is 0.326 e. The van der Waals surface area contributed by atoms with Gasteiger partial charge in [-0.15, -0.1) is 0 Å². The van der Waals surface area contributed by atoms with Gasteiger partial charge in [0.15, 0.2) is 0 Å². The van der Waals surface area contributed by atoms with Crippen molar-refractivity contribution in [2.45, 2.75) is 20.0 Å². The summed E-state index contributed by atoms with van der Waals surface area (Å²) >= 11 is 1.30. The van der Waals surface area contributed by atoms with Gasteiger partial charge >= 0.3 is 4.87 Å². The van der Waals surface area contributed by atoms with Gasteiger partial charge in [-0.05, 0) is 23.6 Å². The van der Waals surface area contributed by atoms with Gasteiger partial charge in [-0.3, -0.25) is 9.36 Å². The Morgan fingerprint density at radius 1 is 1.00 bits per heavy atom. The number of nitrogens with zero attached hydrogens (tertiary/aromatic N) is 1. The van der Waals surface area contributed by atoms with E-state index in [1.165, 1.54) is 11.3 Å². The molecule has 3 nitrogen and oxygen atoms in total. The highest BCUT2D eigenvalue weighted by atomic mass is 32.1. The minimum Gasteiger partial charge on any atom is -0.326 e. The summed E-state index contributed by atoms with van der Waals surface area (Å²) in [6, 6.07) is 18.2. The smallest absolute Gasteiger partial charge is 0.308 e. The average molecular weight is 310 g/mol. The van der Waals surface area contributed by atoms with Gasteiger partial charge in [0.2, 0.25) is 0 Å². The Morgan fingerprint density at radius 3 is 2.27 bits per heavy atom. The summed E-state index contributed by atoms with van der Waals surface area (Å²) in [4.78, 5) is 13.5. The molecule has 0 saturated heterocycles. The number of rotatable bonds is 4. The highest BCUT2D eigenvalue weighted by Crippen LogP contribution is 2.25. The molecule has 0 aliphatic heterocycles. The minimum atomic E-state index is 0.0826. The third-order valence-corrected chi connectivity index (χ3v) is 4.61. The van der Waals surface area contributed by atoms with E-state index in [9.17, 15) is 4.79 Å². The van der Waals surface area contributed by atoms with Gasteiger partial charge in [-0.1, -0.05) is 65.9 Å². The van der Waals surface area contributed by atoms with Crippen molar-refractivity contribution in [2.75, 3.05) is 0 Å². The number of benzene rings is 2.